The highest BCUT2D eigenvalue weighted by molar-refractivity contribution is 5.87. The summed E-state index contributed by atoms with van der Waals surface area (Å²) >= 11 is 0. The van der Waals surface area contributed by atoms with Crippen LogP contribution in [0.4, 0.5) is 0 Å². The second-order valence-electron chi connectivity index (χ2n) is 7.23. The molecule has 0 aromatic heterocycles. The van der Waals surface area contributed by atoms with Crippen molar-refractivity contribution in [1.29, 1.82) is 0 Å². The average molecular weight is 380 g/mol. The summed E-state index contributed by atoms with van der Waals surface area (Å²) in [4.78, 5) is 27.0. The van der Waals surface area contributed by atoms with Crippen molar-refractivity contribution < 1.29 is 14.3 Å². The van der Waals surface area contributed by atoms with Crippen molar-refractivity contribution in [3.8, 4) is 11.1 Å². The lowest BCUT2D eigenvalue weighted by Gasteiger charge is -2.41. The summed E-state index contributed by atoms with van der Waals surface area (Å²) < 4.78 is 6.02. The molecule has 0 unspecified atom stereocenters. The summed E-state index contributed by atoms with van der Waals surface area (Å²) in [5, 5.41) is 2.73. The maximum absolute atomic E-state index is 12.8. The number of hydrogen-bond donors (Lipinski definition) is 1. The van der Waals surface area contributed by atoms with E-state index in [1.165, 1.54) is 0 Å². The third-order valence-corrected chi connectivity index (χ3v) is 5.17. The molecule has 3 rings (SSSR count). The molecule has 1 aliphatic rings. The fraction of sp³-hybridized carbons (Fsp3) is 0.391. The van der Waals surface area contributed by atoms with Crippen LogP contribution in [0.1, 0.15) is 25.3 Å². The fourth-order valence-electron chi connectivity index (χ4n) is 3.74. The molecule has 2 aromatic rings. The van der Waals surface area contributed by atoms with Gasteiger partial charge < -0.3 is 15.0 Å². The Labute approximate surface area is 166 Å². The van der Waals surface area contributed by atoms with Crippen LogP contribution in [-0.4, -0.2) is 49.1 Å². The molecular formula is C23H28N2O3. The van der Waals surface area contributed by atoms with Gasteiger partial charge in [-0.25, -0.2) is 0 Å². The topological polar surface area (TPSA) is 58.6 Å². The van der Waals surface area contributed by atoms with Crippen LogP contribution < -0.4 is 5.32 Å². The number of hydrogen-bond acceptors (Lipinski definition) is 3. The van der Waals surface area contributed by atoms with Gasteiger partial charge in [-0.3, -0.25) is 9.59 Å². The number of amides is 2. The van der Waals surface area contributed by atoms with Gasteiger partial charge in [-0.2, -0.15) is 0 Å². The highest BCUT2D eigenvalue weighted by Gasteiger charge is 2.44. The van der Waals surface area contributed by atoms with E-state index in [1.54, 1.807) is 11.9 Å². The first-order chi connectivity index (χ1) is 13.6. The van der Waals surface area contributed by atoms with Crippen LogP contribution in [0.5, 0.6) is 0 Å². The predicted octanol–water partition coefficient (Wildman–Crippen LogP) is 3.04. The minimum absolute atomic E-state index is 0.0807. The molecule has 0 aliphatic carbocycles. The van der Waals surface area contributed by atoms with Crippen molar-refractivity contribution >= 4 is 11.8 Å². The van der Waals surface area contributed by atoms with E-state index in [4.69, 9.17) is 4.74 Å². The fourth-order valence-corrected chi connectivity index (χ4v) is 3.74. The van der Waals surface area contributed by atoms with E-state index in [0.717, 1.165) is 23.1 Å². The number of benzene rings is 2. The molecule has 1 saturated heterocycles. The van der Waals surface area contributed by atoms with Gasteiger partial charge in [0.1, 0.15) is 0 Å². The van der Waals surface area contributed by atoms with Crippen molar-refractivity contribution in [2.24, 2.45) is 0 Å². The predicted molar refractivity (Wildman–Crippen MR) is 110 cm³/mol. The van der Waals surface area contributed by atoms with Crippen LogP contribution in [0.3, 0.4) is 0 Å². The van der Waals surface area contributed by atoms with Crippen LogP contribution in [0, 0.1) is 0 Å². The summed E-state index contributed by atoms with van der Waals surface area (Å²) in [5.41, 5.74) is 2.17. The van der Waals surface area contributed by atoms with E-state index in [0.29, 0.717) is 26.0 Å². The quantitative estimate of drug-likeness (QED) is 0.838. The molecule has 5 heteroatoms. The molecule has 0 bridgehead atoms. The smallest absolute Gasteiger partial charge is 0.254 e. The second-order valence-corrected chi connectivity index (χ2v) is 7.23. The molecule has 2 aromatic carbocycles. The molecule has 1 aliphatic heterocycles. The first-order valence-corrected chi connectivity index (χ1v) is 9.86. The van der Waals surface area contributed by atoms with Gasteiger partial charge in [0.05, 0.1) is 13.2 Å². The highest BCUT2D eigenvalue weighted by Crippen LogP contribution is 2.27. The number of carbonyl (C=O) groups is 2. The minimum Gasteiger partial charge on any atom is -0.361 e. The monoisotopic (exact) mass is 380 g/mol. The second kappa shape index (κ2) is 9.02. The van der Waals surface area contributed by atoms with Gasteiger partial charge in [-0.05, 0) is 23.1 Å². The molecule has 1 N–H and O–H groups in total. The summed E-state index contributed by atoms with van der Waals surface area (Å²) in [7, 11) is 1.61. The van der Waals surface area contributed by atoms with Crippen LogP contribution in [0.2, 0.25) is 0 Å². The van der Waals surface area contributed by atoms with Crippen molar-refractivity contribution in [3.63, 3.8) is 0 Å². The Balaban J connectivity index is 1.87. The zero-order chi connectivity index (χ0) is 20.0. The van der Waals surface area contributed by atoms with Crippen LogP contribution in [0.15, 0.2) is 54.6 Å². The Hall–Kier alpha value is -2.66. The standard InChI is InChI=1S/C23H28N2O3/c1-3-8-21(26)25-13-14-28-23(17-25,22(27)24-2)16-18-9-7-12-20(15-18)19-10-5-4-6-11-19/h4-7,9-12,15H,3,8,13-14,16-17H2,1-2H3,(H,24,27)/t23-/m1/s1. The van der Waals surface area contributed by atoms with Gasteiger partial charge in [-0.1, -0.05) is 61.5 Å². The van der Waals surface area contributed by atoms with Crippen molar-refractivity contribution in [2.75, 3.05) is 26.7 Å². The number of nitrogens with zero attached hydrogens (tertiary/aromatic N) is 1. The normalized spacial score (nSPS) is 19.3. The van der Waals surface area contributed by atoms with Crippen LogP contribution in [0.25, 0.3) is 11.1 Å². The largest absolute Gasteiger partial charge is 0.361 e. The molecule has 2 amide bonds. The van der Waals surface area contributed by atoms with E-state index >= 15 is 0 Å². The van der Waals surface area contributed by atoms with Gasteiger partial charge in [0.25, 0.3) is 5.91 Å². The molecule has 0 radical (unpaired) electrons. The first-order valence-electron chi connectivity index (χ1n) is 9.86. The van der Waals surface area contributed by atoms with Gasteiger partial charge in [0.2, 0.25) is 5.91 Å². The highest BCUT2D eigenvalue weighted by atomic mass is 16.5. The third-order valence-electron chi connectivity index (χ3n) is 5.17. The summed E-state index contributed by atoms with van der Waals surface area (Å²) in [6.45, 7) is 3.16. The molecule has 1 heterocycles. The molecule has 1 fully saturated rings. The Morgan fingerprint density at radius 1 is 1.11 bits per heavy atom. The number of likely N-dealkylation sites (N-methyl/N-ethyl adjacent to an activating group) is 1. The maximum Gasteiger partial charge on any atom is 0.254 e. The third kappa shape index (κ3) is 4.42. The zero-order valence-electron chi connectivity index (χ0n) is 16.6. The lowest BCUT2D eigenvalue weighted by molar-refractivity contribution is -0.165. The van der Waals surface area contributed by atoms with E-state index in [1.807, 2.05) is 37.3 Å². The van der Waals surface area contributed by atoms with Gasteiger partial charge in [-0.15, -0.1) is 0 Å². The molecule has 1 atom stereocenters. The Bertz CT molecular complexity index is 822. The molecule has 148 valence electrons. The maximum atomic E-state index is 12.8. The first kappa shape index (κ1) is 20.1. The number of rotatable bonds is 6. The van der Waals surface area contributed by atoms with Gasteiger partial charge in [0.15, 0.2) is 5.60 Å². The lowest BCUT2D eigenvalue weighted by Crippen LogP contribution is -2.61. The number of morpholine rings is 1. The SMILES string of the molecule is CCCC(=O)N1CCO[C@@](Cc2cccc(-c3ccccc3)c2)(C(=O)NC)C1. The van der Waals surface area contributed by atoms with Crippen LogP contribution in [-0.2, 0) is 20.7 Å². The molecule has 0 saturated carbocycles. The zero-order valence-corrected chi connectivity index (χ0v) is 16.6. The summed E-state index contributed by atoms with van der Waals surface area (Å²) in [6.07, 6.45) is 1.71. The van der Waals surface area contributed by atoms with E-state index < -0.39 is 5.60 Å². The van der Waals surface area contributed by atoms with Crippen LogP contribution >= 0.6 is 0 Å². The van der Waals surface area contributed by atoms with Crippen molar-refractivity contribution in [3.05, 3.63) is 60.2 Å². The average Bonchev–Trinajstić information content (AvgIpc) is 2.74. The molecule has 0 spiro atoms. The Morgan fingerprint density at radius 2 is 1.86 bits per heavy atom. The number of ether oxygens (including phenoxy) is 1. The van der Waals surface area contributed by atoms with E-state index in [9.17, 15) is 9.59 Å². The minimum atomic E-state index is -1.06. The molecular weight excluding hydrogens is 352 g/mol. The Kier molecular flexibility index (Phi) is 6.47. The van der Waals surface area contributed by atoms with Gasteiger partial charge >= 0.3 is 0 Å². The Morgan fingerprint density at radius 3 is 2.57 bits per heavy atom. The van der Waals surface area contributed by atoms with E-state index in [-0.39, 0.29) is 18.4 Å². The summed E-state index contributed by atoms with van der Waals surface area (Å²) in [5.74, 6) is -0.108. The van der Waals surface area contributed by atoms with Crippen molar-refractivity contribution in [2.45, 2.75) is 31.8 Å². The van der Waals surface area contributed by atoms with Crippen molar-refractivity contribution in [1.82, 2.24) is 10.2 Å². The van der Waals surface area contributed by atoms with E-state index in [2.05, 4.69) is 29.6 Å². The van der Waals surface area contributed by atoms with Gasteiger partial charge in [0, 0.05) is 26.4 Å². The molecule has 5 nitrogen and oxygen atoms in total. The lowest BCUT2D eigenvalue weighted by atomic mass is 9.89. The number of carbonyl (C=O) groups excluding carboxylic acids is 2. The molecule has 28 heavy (non-hydrogen) atoms. The number of nitrogens with one attached hydrogen (secondary N) is 1. The summed E-state index contributed by atoms with van der Waals surface area (Å²) in [6, 6.07) is 18.3.